The third kappa shape index (κ3) is 1.87. The second kappa shape index (κ2) is 3.00. The molecule has 1 aliphatic rings. The van der Waals surface area contributed by atoms with E-state index in [1.165, 1.54) is 18.2 Å². The molecule has 0 saturated carbocycles. The lowest BCUT2D eigenvalue weighted by Crippen LogP contribution is -2.38. The van der Waals surface area contributed by atoms with Crippen LogP contribution in [0, 0.1) is 6.20 Å². The van der Waals surface area contributed by atoms with Crippen LogP contribution in [0.15, 0.2) is 18.2 Å². The number of carbonyl (C=O) groups is 1. The third-order valence-corrected chi connectivity index (χ3v) is 1.24. The highest BCUT2D eigenvalue weighted by Gasteiger charge is 2.41. The third-order valence-electron chi connectivity index (χ3n) is 1.24. The lowest BCUT2D eigenvalue weighted by Gasteiger charge is -2.18. The maximum atomic E-state index is 11.8. The monoisotopic (exact) mass is 176 g/mol. The summed E-state index contributed by atoms with van der Waals surface area (Å²) < 4.78 is 35.3. The van der Waals surface area contributed by atoms with Gasteiger partial charge in [-0.05, 0) is 6.08 Å². The molecule has 1 rings (SSSR count). The number of halogens is 3. The first kappa shape index (κ1) is 8.83. The Labute approximate surface area is 67.0 Å². The fraction of sp³-hybridized carbons (Fsp3) is 0.286. The molecule has 0 aromatic carbocycles. The van der Waals surface area contributed by atoms with Gasteiger partial charge in [0.25, 0.3) is 0 Å². The number of amides is 1. The van der Waals surface area contributed by atoms with Gasteiger partial charge in [0.1, 0.15) is 0 Å². The largest absolute Gasteiger partial charge is 0.471 e. The second-order valence-corrected chi connectivity index (χ2v) is 2.14. The van der Waals surface area contributed by atoms with Crippen molar-refractivity contribution in [3.63, 3.8) is 0 Å². The normalized spacial score (nSPS) is 16.8. The molecule has 0 unspecified atom stereocenters. The highest BCUT2D eigenvalue weighted by atomic mass is 19.4. The van der Waals surface area contributed by atoms with Crippen molar-refractivity contribution < 1.29 is 18.0 Å². The Bertz CT molecular complexity index is 242. The molecule has 1 radical (unpaired) electrons. The van der Waals surface area contributed by atoms with E-state index in [9.17, 15) is 18.0 Å². The molecule has 1 aliphatic heterocycles. The highest BCUT2D eigenvalue weighted by molar-refractivity contribution is 5.82. The topological polar surface area (TPSA) is 20.3 Å². The maximum Gasteiger partial charge on any atom is 0.471 e. The number of hydrogen-bond donors (Lipinski definition) is 0. The van der Waals surface area contributed by atoms with Gasteiger partial charge in [-0.1, -0.05) is 12.2 Å². The SMILES string of the molecule is O=C(N1[C]=CC=CC1)C(F)(F)F. The van der Waals surface area contributed by atoms with Gasteiger partial charge in [0.2, 0.25) is 0 Å². The summed E-state index contributed by atoms with van der Waals surface area (Å²) in [6.07, 6.45) is 1.59. The van der Waals surface area contributed by atoms with E-state index in [0.717, 1.165) is 0 Å². The minimum absolute atomic E-state index is 0.0746. The minimum Gasteiger partial charge on any atom is -0.299 e. The van der Waals surface area contributed by atoms with E-state index in [-0.39, 0.29) is 6.54 Å². The fourth-order valence-electron chi connectivity index (χ4n) is 0.715. The second-order valence-electron chi connectivity index (χ2n) is 2.14. The standard InChI is InChI=1S/C7H5F3NO/c8-7(9,10)6(12)11-4-2-1-3-5-11/h1-3H,4H2. The first-order valence-electron chi connectivity index (χ1n) is 3.15. The van der Waals surface area contributed by atoms with E-state index >= 15 is 0 Å². The molecule has 0 aromatic rings. The molecule has 1 amide bonds. The zero-order valence-corrected chi connectivity index (χ0v) is 5.93. The van der Waals surface area contributed by atoms with Gasteiger partial charge in [-0.15, -0.1) is 0 Å². The van der Waals surface area contributed by atoms with Crippen molar-refractivity contribution in [3.8, 4) is 0 Å². The summed E-state index contributed by atoms with van der Waals surface area (Å²) in [6.45, 7) is -0.0746. The average molecular weight is 176 g/mol. The molecular formula is C7H5F3NO. The number of hydrogen-bond acceptors (Lipinski definition) is 1. The van der Waals surface area contributed by atoms with E-state index in [1.54, 1.807) is 0 Å². The zero-order chi connectivity index (χ0) is 9.19. The van der Waals surface area contributed by atoms with Crippen LogP contribution < -0.4 is 0 Å². The van der Waals surface area contributed by atoms with Gasteiger partial charge in [0.15, 0.2) is 0 Å². The Balaban J connectivity index is 2.66. The van der Waals surface area contributed by atoms with Crippen molar-refractivity contribution in [2.75, 3.05) is 6.54 Å². The molecule has 12 heavy (non-hydrogen) atoms. The van der Waals surface area contributed by atoms with Gasteiger partial charge in [0, 0.05) is 6.54 Å². The van der Waals surface area contributed by atoms with E-state index in [2.05, 4.69) is 6.20 Å². The number of alkyl halides is 3. The van der Waals surface area contributed by atoms with Gasteiger partial charge < -0.3 is 0 Å². The summed E-state index contributed by atoms with van der Waals surface area (Å²) in [7, 11) is 0. The summed E-state index contributed by atoms with van der Waals surface area (Å²) in [4.78, 5) is 11.0. The van der Waals surface area contributed by atoms with Crippen molar-refractivity contribution in [2.24, 2.45) is 0 Å². The summed E-state index contributed by atoms with van der Waals surface area (Å²) in [6, 6.07) is 0. The van der Waals surface area contributed by atoms with Crippen LogP contribution in [0.3, 0.4) is 0 Å². The predicted molar refractivity (Wildman–Crippen MR) is 34.7 cm³/mol. The van der Waals surface area contributed by atoms with Crippen LogP contribution in [0.1, 0.15) is 0 Å². The molecule has 0 atom stereocenters. The van der Waals surface area contributed by atoms with Crippen molar-refractivity contribution >= 4 is 5.91 Å². The van der Waals surface area contributed by atoms with Crippen LogP contribution in [0.25, 0.3) is 0 Å². The molecule has 2 nitrogen and oxygen atoms in total. The Morgan fingerprint density at radius 2 is 2.17 bits per heavy atom. The molecule has 0 bridgehead atoms. The van der Waals surface area contributed by atoms with Gasteiger partial charge in [0.05, 0.1) is 6.20 Å². The molecule has 0 fully saturated rings. The molecule has 0 aromatic heterocycles. The molecule has 0 spiro atoms. The quantitative estimate of drug-likeness (QED) is 0.544. The van der Waals surface area contributed by atoms with E-state index < -0.39 is 12.1 Å². The Morgan fingerprint density at radius 1 is 1.50 bits per heavy atom. The van der Waals surface area contributed by atoms with Crippen molar-refractivity contribution in [1.29, 1.82) is 0 Å². The fourth-order valence-corrected chi connectivity index (χ4v) is 0.715. The number of nitrogens with zero attached hydrogens (tertiary/aromatic N) is 1. The summed E-state index contributed by atoms with van der Waals surface area (Å²) in [5.41, 5.74) is 0. The summed E-state index contributed by atoms with van der Waals surface area (Å²) in [5.74, 6) is -1.89. The van der Waals surface area contributed by atoms with Crippen LogP contribution in [0.4, 0.5) is 13.2 Å². The molecule has 65 valence electrons. The molecule has 5 heteroatoms. The molecule has 1 heterocycles. The van der Waals surface area contributed by atoms with Gasteiger partial charge in [-0.2, -0.15) is 13.2 Å². The van der Waals surface area contributed by atoms with Crippen LogP contribution in [0.5, 0.6) is 0 Å². The Kier molecular flexibility index (Phi) is 2.21. The summed E-state index contributed by atoms with van der Waals surface area (Å²) >= 11 is 0. The zero-order valence-electron chi connectivity index (χ0n) is 5.93. The van der Waals surface area contributed by atoms with Crippen LogP contribution >= 0.6 is 0 Å². The molecular weight excluding hydrogens is 171 g/mol. The smallest absolute Gasteiger partial charge is 0.299 e. The number of allylic oxidation sites excluding steroid dienone is 2. The number of rotatable bonds is 0. The van der Waals surface area contributed by atoms with Crippen LogP contribution in [-0.2, 0) is 4.79 Å². The van der Waals surface area contributed by atoms with Crippen molar-refractivity contribution in [1.82, 2.24) is 4.90 Å². The van der Waals surface area contributed by atoms with Gasteiger partial charge in [-0.25, -0.2) is 0 Å². The van der Waals surface area contributed by atoms with E-state index in [1.807, 2.05) is 0 Å². The molecule has 0 aliphatic carbocycles. The lowest BCUT2D eigenvalue weighted by atomic mass is 10.3. The van der Waals surface area contributed by atoms with Crippen molar-refractivity contribution in [2.45, 2.75) is 6.18 Å². The van der Waals surface area contributed by atoms with Crippen LogP contribution in [-0.4, -0.2) is 23.5 Å². The molecule has 0 saturated heterocycles. The van der Waals surface area contributed by atoms with Crippen LogP contribution in [0.2, 0.25) is 0 Å². The maximum absolute atomic E-state index is 11.8. The minimum atomic E-state index is -4.81. The first-order valence-corrected chi connectivity index (χ1v) is 3.15. The van der Waals surface area contributed by atoms with Gasteiger partial charge in [-0.3, -0.25) is 9.69 Å². The Hall–Kier alpha value is -1.26. The molecule has 0 N–H and O–H groups in total. The predicted octanol–water partition coefficient (Wildman–Crippen LogP) is 1.26. The number of carbonyl (C=O) groups excluding carboxylic acids is 1. The van der Waals surface area contributed by atoms with E-state index in [4.69, 9.17) is 0 Å². The van der Waals surface area contributed by atoms with Gasteiger partial charge >= 0.3 is 12.1 Å². The average Bonchev–Trinajstić information content (AvgIpc) is 2.03. The summed E-state index contributed by atoms with van der Waals surface area (Å²) in [5, 5.41) is 0. The highest BCUT2D eigenvalue weighted by Crippen LogP contribution is 2.18. The van der Waals surface area contributed by atoms with E-state index in [0.29, 0.717) is 4.90 Å². The Morgan fingerprint density at radius 3 is 2.58 bits per heavy atom. The first-order chi connectivity index (χ1) is 5.52. The lowest BCUT2D eigenvalue weighted by molar-refractivity contribution is -0.182. The van der Waals surface area contributed by atoms with Crippen molar-refractivity contribution in [3.05, 3.63) is 24.4 Å².